The van der Waals surface area contributed by atoms with Crippen molar-refractivity contribution in [2.24, 2.45) is 0 Å². The summed E-state index contributed by atoms with van der Waals surface area (Å²) in [6, 6.07) is 13.6. The topological polar surface area (TPSA) is 29.5 Å². The average molecular weight is 307 g/mol. The van der Waals surface area contributed by atoms with Crippen molar-refractivity contribution in [1.82, 2.24) is 0 Å². The van der Waals surface area contributed by atoms with E-state index in [1.807, 2.05) is 36.4 Å². The quantitative estimate of drug-likeness (QED) is 0.862. The van der Waals surface area contributed by atoms with E-state index in [2.05, 4.69) is 6.07 Å². The molecule has 0 aliphatic carbocycles. The van der Waals surface area contributed by atoms with E-state index >= 15 is 0 Å². The molecule has 0 bridgehead atoms. The maximum atomic E-state index is 10.3. The minimum Gasteiger partial charge on any atom is -0.493 e. The van der Waals surface area contributed by atoms with Crippen LogP contribution in [0.15, 0.2) is 47.4 Å². The van der Waals surface area contributed by atoms with Crippen LogP contribution in [0.1, 0.15) is 17.2 Å². The number of halogens is 1. The van der Waals surface area contributed by atoms with E-state index in [1.54, 1.807) is 11.8 Å². The molecule has 1 aliphatic rings. The number of thioether (sulfide) groups is 1. The molecule has 1 heterocycles. The molecular weight excluding hydrogens is 292 g/mol. The lowest BCUT2D eigenvalue weighted by Crippen LogP contribution is -2.01. The lowest BCUT2D eigenvalue weighted by atomic mass is 10.1. The summed E-state index contributed by atoms with van der Waals surface area (Å²) in [6.45, 7) is 0.744. The molecule has 0 saturated heterocycles. The molecule has 0 fully saturated rings. The molecule has 0 amide bonds. The Bertz CT molecular complexity index is 598. The standard InChI is InChI=1S/C16H15ClO2S/c17-13-2-4-14(5-3-13)20-10-15(18)11-1-6-16-12(9-11)7-8-19-16/h1-6,9,15,18H,7-8,10H2. The van der Waals surface area contributed by atoms with Gasteiger partial charge in [0, 0.05) is 22.1 Å². The smallest absolute Gasteiger partial charge is 0.122 e. The number of hydrogen-bond donors (Lipinski definition) is 1. The summed E-state index contributed by atoms with van der Waals surface area (Å²) in [6.07, 6.45) is 0.460. The summed E-state index contributed by atoms with van der Waals surface area (Å²) in [5, 5.41) is 11.0. The maximum absolute atomic E-state index is 10.3. The molecule has 0 radical (unpaired) electrons. The number of aliphatic hydroxyl groups excluding tert-OH is 1. The molecule has 1 atom stereocenters. The van der Waals surface area contributed by atoms with Gasteiger partial charge in [-0.15, -0.1) is 11.8 Å². The Kier molecular flexibility index (Phi) is 4.20. The van der Waals surface area contributed by atoms with Crippen LogP contribution in [0.2, 0.25) is 5.02 Å². The van der Waals surface area contributed by atoms with Crippen molar-refractivity contribution in [3.63, 3.8) is 0 Å². The van der Waals surface area contributed by atoms with Gasteiger partial charge in [-0.2, -0.15) is 0 Å². The molecule has 3 rings (SSSR count). The van der Waals surface area contributed by atoms with Gasteiger partial charge in [-0.1, -0.05) is 17.7 Å². The van der Waals surface area contributed by atoms with Crippen LogP contribution in [0.4, 0.5) is 0 Å². The largest absolute Gasteiger partial charge is 0.493 e. The van der Waals surface area contributed by atoms with Crippen molar-refractivity contribution in [1.29, 1.82) is 0 Å². The summed E-state index contributed by atoms with van der Waals surface area (Å²) < 4.78 is 5.47. The first-order valence-electron chi connectivity index (χ1n) is 6.54. The Morgan fingerprint density at radius 3 is 2.80 bits per heavy atom. The zero-order chi connectivity index (χ0) is 13.9. The van der Waals surface area contributed by atoms with E-state index in [0.29, 0.717) is 5.75 Å². The number of fused-ring (bicyclic) bond motifs is 1. The highest BCUT2D eigenvalue weighted by Gasteiger charge is 2.15. The first kappa shape index (κ1) is 13.8. The van der Waals surface area contributed by atoms with E-state index in [1.165, 1.54) is 5.56 Å². The van der Waals surface area contributed by atoms with Gasteiger partial charge in [0.05, 0.1) is 12.7 Å². The Morgan fingerprint density at radius 1 is 1.20 bits per heavy atom. The Labute approximate surface area is 127 Å². The first-order chi connectivity index (χ1) is 9.72. The molecule has 1 unspecified atom stereocenters. The summed E-state index contributed by atoms with van der Waals surface area (Å²) in [5.41, 5.74) is 2.15. The van der Waals surface area contributed by atoms with Crippen molar-refractivity contribution >= 4 is 23.4 Å². The predicted octanol–water partition coefficient (Wildman–Crippen LogP) is 4.10. The average Bonchev–Trinajstić information content (AvgIpc) is 2.93. The minimum atomic E-state index is -0.471. The molecule has 1 aliphatic heterocycles. The van der Waals surface area contributed by atoms with Gasteiger partial charge in [0.15, 0.2) is 0 Å². The third kappa shape index (κ3) is 3.11. The summed E-state index contributed by atoms with van der Waals surface area (Å²) in [5.74, 6) is 1.58. The first-order valence-corrected chi connectivity index (χ1v) is 7.91. The van der Waals surface area contributed by atoms with Crippen LogP contribution in [-0.4, -0.2) is 17.5 Å². The number of aliphatic hydroxyl groups is 1. The predicted molar refractivity (Wildman–Crippen MR) is 82.8 cm³/mol. The van der Waals surface area contributed by atoms with Crippen LogP contribution >= 0.6 is 23.4 Å². The number of benzene rings is 2. The molecular formula is C16H15ClO2S. The van der Waals surface area contributed by atoms with Gasteiger partial charge in [-0.25, -0.2) is 0 Å². The van der Waals surface area contributed by atoms with Crippen LogP contribution < -0.4 is 4.74 Å². The van der Waals surface area contributed by atoms with E-state index in [9.17, 15) is 5.11 Å². The molecule has 2 aromatic carbocycles. The number of hydrogen-bond acceptors (Lipinski definition) is 3. The fourth-order valence-corrected chi connectivity index (χ4v) is 3.21. The zero-order valence-corrected chi connectivity index (χ0v) is 12.5. The normalized spacial score (nSPS) is 14.7. The fourth-order valence-electron chi connectivity index (χ4n) is 2.22. The number of rotatable bonds is 4. The maximum Gasteiger partial charge on any atom is 0.122 e. The summed E-state index contributed by atoms with van der Waals surface area (Å²) in [7, 11) is 0. The Morgan fingerprint density at radius 2 is 2.00 bits per heavy atom. The molecule has 0 spiro atoms. The monoisotopic (exact) mass is 306 g/mol. The second-order valence-electron chi connectivity index (χ2n) is 4.75. The van der Waals surface area contributed by atoms with Gasteiger partial charge in [0.25, 0.3) is 0 Å². The summed E-state index contributed by atoms with van der Waals surface area (Å²) >= 11 is 7.48. The molecule has 20 heavy (non-hydrogen) atoms. The van der Waals surface area contributed by atoms with Crippen molar-refractivity contribution in [2.75, 3.05) is 12.4 Å². The van der Waals surface area contributed by atoms with Gasteiger partial charge in [0.2, 0.25) is 0 Å². The molecule has 2 nitrogen and oxygen atoms in total. The van der Waals surface area contributed by atoms with Crippen LogP contribution in [-0.2, 0) is 6.42 Å². The molecule has 1 N–H and O–H groups in total. The third-order valence-corrected chi connectivity index (χ3v) is 4.66. The lowest BCUT2D eigenvalue weighted by Gasteiger charge is -2.12. The van der Waals surface area contributed by atoms with Crippen LogP contribution in [0.5, 0.6) is 5.75 Å². The fraction of sp³-hybridized carbons (Fsp3) is 0.250. The molecule has 0 aromatic heterocycles. The second-order valence-corrected chi connectivity index (χ2v) is 6.28. The summed E-state index contributed by atoms with van der Waals surface area (Å²) in [4.78, 5) is 1.11. The van der Waals surface area contributed by atoms with Gasteiger partial charge >= 0.3 is 0 Å². The van der Waals surface area contributed by atoms with Gasteiger partial charge in [0.1, 0.15) is 5.75 Å². The highest BCUT2D eigenvalue weighted by Crippen LogP contribution is 2.30. The van der Waals surface area contributed by atoms with Crippen LogP contribution in [0.25, 0.3) is 0 Å². The third-order valence-electron chi connectivity index (χ3n) is 3.32. The van der Waals surface area contributed by atoms with E-state index in [4.69, 9.17) is 16.3 Å². The lowest BCUT2D eigenvalue weighted by molar-refractivity contribution is 0.204. The Balaban J connectivity index is 1.64. The van der Waals surface area contributed by atoms with Gasteiger partial charge in [-0.3, -0.25) is 0 Å². The Hall–Kier alpha value is -1.16. The van der Waals surface area contributed by atoms with Crippen molar-refractivity contribution < 1.29 is 9.84 Å². The highest BCUT2D eigenvalue weighted by atomic mass is 35.5. The zero-order valence-electron chi connectivity index (χ0n) is 10.9. The minimum absolute atomic E-state index is 0.471. The van der Waals surface area contributed by atoms with E-state index in [0.717, 1.165) is 34.3 Å². The van der Waals surface area contributed by atoms with Gasteiger partial charge in [-0.05, 0) is 47.5 Å². The van der Waals surface area contributed by atoms with E-state index in [-0.39, 0.29) is 0 Å². The van der Waals surface area contributed by atoms with Crippen molar-refractivity contribution in [3.8, 4) is 5.75 Å². The van der Waals surface area contributed by atoms with E-state index < -0.39 is 6.10 Å². The van der Waals surface area contributed by atoms with Crippen LogP contribution in [0, 0.1) is 0 Å². The van der Waals surface area contributed by atoms with Crippen molar-refractivity contribution in [3.05, 3.63) is 58.6 Å². The molecule has 0 saturated carbocycles. The van der Waals surface area contributed by atoms with Gasteiger partial charge < -0.3 is 9.84 Å². The molecule has 2 aromatic rings. The number of ether oxygens (including phenoxy) is 1. The second kappa shape index (κ2) is 6.08. The highest BCUT2D eigenvalue weighted by molar-refractivity contribution is 7.99. The van der Waals surface area contributed by atoms with Crippen LogP contribution in [0.3, 0.4) is 0 Å². The van der Waals surface area contributed by atoms with Crippen molar-refractivity contribution in [2.45, 2.75) is 17.4 Å². The SMILES string of the molecule is OC(CSc1ccc(Cl)cc1)c1ccc2c(c1)CCO2. The molecule has 104 valence electrons. The molecule has 4 heteroatoms.